The van der Waals surface area contributed by atoms with Gasteiger partial charge in [-0.2, -0.15) is 0 Å². The fourth-order valence-corrected chi connectivity index (χ4v) is 2.99. The zero-order valence-corrected chi connectivity index (χ0v) is 12.0. The molecule has 0 unspecified atom stereocenters. The Morgan fingerprint density at radius 2 is 1.77 bits per heavy atom. The van der Waals surface area contributed by atoms with Crippen molar-refractivity contribution in [3.8, 4) is 0 Å². The highest BCUT2D eigenvalue weighted by Crippen LogP contribution is 2.35. The average molecular weight is 298 g/mol. The molecular formula is C17H18N2O3. The van der Waals surface area contributed by atoms with Crippen molar-refractivity contribution in [1.29, 1.82) is 0 Å². The van der Waals surface area contributed by atoms with Crippen LogP contribution in [0.4, 0.5) is 0 Å². The predicted octanol–water partition coefficient (Wildman–Crippen LogP) is 1.09. The van der Waals surface area contributed by atoms with Crippen LogP contribution in [0.25, 0.3) is 0 Å². The molecule has 2 aromatic rings. The van der Waals surface area contributed by atoms with Gasteiger partial charge >= 0.3 is 0 Å². The lowest BCUT2D eigenvalue weighted by Gasteiger charge is -2.23. The number of hydrogen-bond donors (Lipinski definition) is 3. The number of nitrogens with zero attached hydrogens (tertiary/aromatic N) is 1. The number of nitrogens with one attached hydrogen (secondary N) is 1. The second kappa shape index (κ2) is 6.25. The van der Waals surface area contributed by atoms with Crippen molar-refractivity contribution >= 4 is 5.91 Å². The number of aliphatic hydroxyl groups excluding tert-OH is 2. The number of carbonyl (C=O) groups excluding carboxylic acids is 1. The van der Waals surface area contributed by atoms with Crippen molar-refractivity contribution in [1.82, 2.24) is 10.3 Å². The molecule has 3 rings (SSSR count). The van der Waals surface area contributed by atoms with E-state index in [1.807, 2.05) is 18.2 Å². The van der Waals surface area contributed by atoms with Crippen molar-refractivity contribution in [2.24, 2.45) is 0 Å². The SMILES string of the molecule is O=C(N[C@H]1[C@H](O)[C@H](O)C[C@@H]1c1ccncc1)c1ccccc1. The van der Waals surface area contributed by atoms with Gasteiger partial charge < -0.3 is 15.5 Å². The third-order valence-electron chi connectivity index (χ3n) is 4.16. The van der Waals surface area contributed by atoms with E-state index in [9.17, 15) is 15.0 Å². The molecule has 1 amide bonds. The van der Waals surface area contributed by atoms with Crippen molar-refractivity contribution in [3.63, 3.8) is 0 Å². The fourth-order valence-electron chi connectivity index (χ4n) is 2.99. The van der Waals surface area contributed by atoms with Crippen molar-refractivity contribution in [3.05, 3.63) is 66.0 Å². The normalized spacial score (nSPS) is 27.5. The highest BCUT2D eigenvalue weighted by Gasteiger charge is 2.43. The van der Waals surface area contributed by atoms with Gasteiger partial charge in [-0.25, -0.2) is 0 Å². The summed E-state index contributed by atoms with van der Waals surface area (Å²) in [6, 6.07) is 12.0. The number of pyridine rings is 1. The molecule has 4 atom stereocenters. The second-order valence-corrected chi connectivity index (χ2v) is 5.55. The second-order valence-electron chi connectivity index (χ2n) is 5.55. The minimum absolute atomic E-state index is 0.138. The summed E-state index contributed by atoms with van der Waals surface area (Å²) in [4.78, 5) is 16.3. The molecule has 0 saturated heterocycles. The summed E-state index contributed by atoms with van der Waals surface area (Å²) >= 11 is 0. The number of amides is 1. The lowest BCUT2D eigenvalue weighted by atomic mass is 9.94. The van der Waals surface area contributed by atoms with Crippen LogP contribution >= 0.6 is 0 Å². The fraction of sp³-hybridized carbons (Fsp3) is 0.294. The Balaban J connectivity index is 1.82. The van der Waals surface area contributed by atoms with Crippen LogP contribution in [-0.2, 0) is 0 Å². The highest BCUT2D eigenvalue weighted by molar-refractivity contribution is 5.94. The maximum atomic E-state index is 12.3. The summed E-state index contributed by atoms with van der Waals surface area (Å²) in [5, 5.41) is 23.0. The topological polar surface area (TPSA) is 82.5 Å². The minimum Gasteiger partial charge on any atom is -0.390 e. The van der Waals surface area contributed by atoms with E-state index in [1.54, 1.807) is 36.7 Å². The number of rotatable bonds is 3. The first kappa shape index (κ1) is 14.7. The summed E-state index contributed by atoms with van der Waals surface area (Å²) < 4.78 is 0. The molecule has 0 radical (unpaired) electrons. The van der Waals surface area contributed by atoms with E-state index in [2.05, 4.69) is 10.3 Å². The molecule has 1 aliphatic carbocycles. The monoisotopic (exact) mass is 298 g/mol. The van der Waals surface area contributed by atoms with Gasteiger partial charge in [0.25, 0.3) is 5.91 Å². The Kier molecular flexibility index (Phi) is 4.18. The van der Waals surface area contributed by atoms with Crippen LogP contribution in [0.3, 0.4) is 0 Å². The number of aliphatic hydroxyl groups is 2. The standard InChI is InChI=1S/C17H18N2O3/c20-14-10-13(11-6-8-18-9-7-11)15(16(14)21)19-17(22)12-4-2-1-3-5-12/h1-9,13-16,20-21H,10H2,(H,19,22)/t13-,14-,15-,16-/m1/s1. The number of aromatic nitrogens is 1. The van der Waals surface area contributed by atoms with Gasteiger partial charge in [-0.15, -0.1) is 0 Å². The van der Waals surface area contributed by atoms with Crippen LogP contribution in [0, 0.1) is 0 Å². The van der Waals surface area contributed by atoms with E-state index in [-0.39, 0.29) is 11.8 Å². The molecule has 114 valence electrons. The smallest absolute Gasteiger partial charge is 0.251 e. The number of hydrogen-bond acceptors (Lipinski definition) is 4. The molecule has 1 saturated carbocycles. The number of carbonyl (C=O) groups is 1. The Morgan fingerprint density at radius 1 is 1.09 bits per heavy atom. The maximum absolute atomic E-state index is 12.3. The predicted molar refractivity (Wildman–Crippen MR) is 81.3 cm³/mol. The molecule has 1 fully saturated rings. The van der Waals surface area contributed by atoms with Crippen LogP contribution in [0.15, 0.2) is 54.9 Å². The first-order valence-electron chi connectivity index (χ1n) is 7.29. The third kappa shape index (κ3) is 2.86. The van der Waals surface area contributed by atoms with E-state index < -0.39 is 18.2 Å². The van der Waals surface area contributed by atoms with Gasteiger partial charge in [0.2, 0.25) is 0 Å². The zero-order valence-electron chi connectivity index (χ0n) is 12.0. The van der Waals surface area contributed by atoms with Crippen LogP contribution in [0.5, 0.6) is 0 Å². The Morgan fingerprint density at radius 3 is 2.45 bits per heavy atom. The molecule has 1 aromatic heterocycles. The van der Waals surface area contributed by atoms with Gasteiger partial charge in [-0.05, 0) is 36.2 Å². The van der Waals surface area contributed by atoms with Gasteiger partial charge in [-0.3, -0.25) is 9.78 Å². The van der Waals surface area contributed by atoms with E-state index in [4.69, 9.17) is 0 Å². The van der Waals surface area contributed by atoms with Crippen LogP contribution < -0.4 is 5.32 Å². The Bertz CT molecular complexity index is 633. The zero-order chi connectivity index (χ0) is 15.5. The molecule has 0 aliphatic heterocycles. The van der Waals surface area contributed by atoms with E-state index in [0.29, 0.717) is 12.0 Å². The first-order chi connectivity index (χ1) is 10.7. The average Bonchev–Trinajstić information content (AvgIpc) is 2.85. The minimum atomic E-state index is -0.981. The lowest BCUT2D eigenvalue weighted by molar-refractivity contribution is 0.0294. The molecule has 5 heteroatoms. The van der Waals surface area contributed by atoms with Gasteiger partial charge in [0.15, 0.2) is 0 Å². The number of benzene rings is 1. The highest BCUT2D eigenvalue weighted by atomic mass is 16.3. The van der Waals surface area contributed by atoms with Gasteiger partial charge in [-0.1, -0.05) is 18.2 Å². The van der Waals surface area contributed by atoms with Crippen molar-refractivity contribution in [2.75, 3.05) is 0 Å². The van der Waals surface area contributed by atoms with Gasteiger partial charge in [0.1, 0.15) is 6.10 Å². The quantitative estimate of drug-likeness (QED) is 0.792. The molecule has 5 nitrogen and oxygen atoms in total. The molecule has 22 heavy (non-hydrogen) atoms. The van der Waals surface area contributed by atoms with E-state index in [1.165, 1.54) is 0 Å². The summed E-state index contributed by atoms with van der Waals surface area (Å²) in [5.74, 6) is -0.390. The molecule has 0 bridgehead atoms. The van der Waals surface area contributed by atoms with Crippen LogP contribution in [0.1, 0.15) is 28.3 Å². The molecular weight excluding hydrogens is 280 g/mol. The largest absolute Gasteiger partial charge is 0.390 e. The Hall–Kier alpha value is -2.24. The summed E-state index contributed by atoms with van der Waals surface area (Å²) in [6.45, 7) is 0. The molecule has 1 aromatic carbocycles. The van der Waals surface area contributed by atoms with E-state index in [0.717, 1.165) is 5.56 Å². The van der Waals surface area contributed by atoms with Crippen molar-refractivity contribution in [2.45, 2.75) is 30.6 Å². The molecule has 1 heterocycles. The third-order valence-corrected chi connectivity index (χ3v) is 4.16. The summed E-state index contributed by atoms with van der Waals surface area (Å²) in [6.07, 6.45) is 1.92. The molecule has 0 spiro atoms. The van der Waals surface area contributed by atoms with Gasteiger partial charge in [0, 0.05) is 23.9 Å². The molecule has 1 aliphatic rings. The van der Waals surface area contributed by atoms with Crippen LogP contribution in [-0.4, -0.2) is 39.4 Å². The van der Waals surface area contributed by atoms with Crippen molar-refractivity contribution < 1.29 is 15.0 Å². The summed E-state index contributed by atoms with van der Waals surface area (Å²) in [7, 11) is 0. The Labute approximate surface area is 128 Å². The van der Waals surface area contributed by atoms with Crippen LogP contribution in [0.2, 0.25) is 0 Å². The molecule has 3 N–H and O–H groups in total. The summed E-state index contributed by atoms with van der Waals surface area (Å²) in [5.41, 5.74) is 1.48. The first-order valence-corrected chi connectivity index (χ1v) is 7.29. The lowest BCUT2D eigenvalue weighted by Crippen LogP contribution is -2.45. The maximum Gasteiger partial charge on any atom is 0.251 e. The van der Waals surface area contributed by atoms with E-state index >= 15 is 0 Å². The van der Waals surface area contributed by atoms with Gasteiger partial charge in [0.05, 0.1) is 12.1 Å².